The van der Waals surface area contributed by atoms with Gasteiger partial charge in [0.1, 0.15) is 0 Å². The molecule has 1 rings (SSSR count). The maximum atomic E-state index is 9.59. The lowest BCUT2D eigenvalue weighted by molar-refractivity contribution is 0.139. The molecule has 0 saturated carbocycles. The minimum absolute atomic E-state index is 0.168. The molecule has 1 aliphatic rings. The van der Waals surface area contributed by atoms with Crippen molar-refractivity contribution in [2.24, 2.45) is 11.7 Å². The Balaban J connectivity index is 2.65. The van der Waals surface area contributed by atoms with Crippen molar-refractivity contribution < 1.29 is 5.11 Å². The summed E-state index contributed by atoms with van der Waals surface area (Å²) in [7, 11) is 0. The third-order valence-corrected chi connectivity index (χ3v) is 2.81. The fourth-order valence-electron chi connectivity index (χ4n) is 1.62. The highest BCUT2D eigenvalue weighted by atomic mass is 16.3. The quantitative estimate of drug-likeness (QED) is 0.583. The summed E-state index contributed by atoms with van der Waals surface area (Å²) in [5, 5.41) is 9.59. The molecule has 1 aliphatic carbocycles. The molecule has 0 saturated heterocycles. The Morgan fingerprint density at radius 1 is 1.58 bits per heavy atom. The van der Waals surface area contributed by atoms with Gasteiger partial charge in [0.2, 0.25) is 0 Å². The van der Waals surface area contributed by atoms with Gasteiger partial charge in [-0.3, -0.25) is 0 Å². The number of hydrogen-bond donors (Lipinski definition) is 2. The smallest absolute Gasteiger partial charge is 0.0750 e. The lowest BCUT2D eigenvalue weighted by Crippen LogP contribution is -2.43. The van der Waals surface area contributed by atoms with Crippen LogP contribution >= 0.6 is 0 Å². The van der Waals surface area contributed by atoms with E-state index in [0.29, 0.717) is 5.92 Å². The summed E-state index contributed by atoms with van der Waals surface area (Å²) in [5.74, 6) is 0.413. The maximum Gasteiger partial charge on any atom is 0.0750 e. The second-order valence-electron chi connectivity index (χ2n) is 4.45. The van der Waals surface area contributed by atoms with E-state index in [1.807, 2.05) is 20.8 Å². The lowest BCUT2D eigenvalue weighted by Gasteiger charge is -2.34. The Labute approximate surface area is 74.5 Å². The highest BCUT2D eigenvalue weighted by molar-refractivity contribution is 5.11. The first kappa shape index (κ1) is 9.75. The summed E-state index contributed by atoms with van der Waals surface area (Å²) in [4.78, 5) is 0. The summed E-state index contributed by atoms with van der Waals surface area (Å²) >= 11 is 0. The Morgan fingerprint density at radius 3 is 2.58 bits per heavy atom. The van der Waals surface area contributed by atoms with Crippen LogP contribution in [-0.2, 0) is 0 Å². The van der Waals surface area contributed by atoms with Gasteiger partial charge in [-0.15, -0.1) is 0 Å². The predicted octanol–water partition coefficient (Wildman–Crippen LogP) is 1.44. The van der Waals surface area contributed by atoms with Crippen molar-refractivity contribution in [3.63, 3.8) is 0 Å². The van der Waals surface area contributed by atoms with Crippen molar-refractivity contribution in [2.45, 2.75) is 45.3 Å². The van der Waals surface area contributed by atoms with Gasteiger partial charge in [0.15, 0.2) is 0 Å². The van der Waals surface area contributed by atoms with Crippen molar-refractivity contribution in [1.29, 1.82) is 0 Å². The first-order valence-corrected chi connectivity index (χ1v) is 4.55. The molecule has 3 N–H and O–H groups in total. The zero-order valence-electron chi connectivity index (χ0n) is 8.17. The van der Waals surface area contributed by atoms with Gasteiger partial charge in [0.05, 0.1) is 6.10 Å². The molecule has 0 fully saturated rings. The normalized spacial score (nSPS) is 31.6. The van der Waals surface area contributed by atoms with Crippen LogP contribution in [0.15, 0.2) is 11.6 Å². The fraction of sp³-hybridized carbons (Fsp3) is 0.800. The van der Waals surface area contributed by atoms with Crippen LogP contribution in [0.2, 0.25) is 0 Å². The van der Waals surface area contributed by atoms with Crippen molar-refractivity contribution >= 4 is 0 Å². The number of hydrogen-bond acceptors (Lipinski definition) is 2. The highest BCUT2D eigenvalue weighted by Gasteiger charge is 2.29. The standard InChI is InChI=1S/C10H19NO/c1-7-4-5-8(6-9(7)12)10(2,3)11/h4,8-9,12H,5-6,11H2,1-3H3/t8-,9+/m1/s1. The van der Waals surface area contributed by atoms with Crippen LogP contribution in [0.5, 0.6) is 0 Å². The van der Waals surface area contributed by atoms with Gasteiger partial charge >= 0.3 is 0 Å². The van der Waals surface area contributed by atoms with Gasteiger partial charge in [0.25, 0.3) is 0 Å². The summed E-state index contributed by atoms with van der Waals surface area (Å²) < 4.78 is 0. The van der Waals surface area contributed by atoms with E-state index in [-0.39, 0.29) is 11.6 Å². The summed E-state index contributed by atoms with van der Waals surface area (Å²) in [6, 6.07) is 0. The molecule has 0 amide bonds. The molecule has 0 unspecified atom stereocenters. The molecule has 0 aromatic carbocycles. The molecule has 0 heterocycles. The van der Waals surface area contributed by atoms with E-state index in [4.69, 9.17) is 5.73 Å². The first-order chi connectivity index (χ1) is 5.41. The molecule has 0 aromatic rings. The molecule has 2 nitrogen and oxygen atoms in total. The van der Waals surface area contributed by atoms with Crippen molar-refractivity contribution in [3.8, 4) is 0 Å². The Hall–Kier alpha value is -0.340. The van der Waals surface area contributed by atoms with Crippen LogP contribution in [0.4, 0.5) is 0 Å². The Morgan fingerprint density at radius 2 is 2.17 bits per heavy atom. The molecule has 0 aromatic heterocycles. The van der Waals surface area contributed by atoms with E-state index in [0.717, 1.165) is 18.4 Å². The number of rotatable bonds is 1. The van der Waals surface area contributed by atoms with Crippen LogP contribution in [-0.4, -0.2) is 16.7 Å². The number of nitrogens with two attached hydrogens (primary N) is 1. The Kier molecular flexibility index (Phi) is 2.59. The predicted molar refractivity (Wildman–Crippen MR) is 50.8 cm³/mol. The van der Waals surface area contributed by atoms with Gasteiger partial charge in [0, 0.05) is 5.54 Å². The zero-order chi connectivity index (χ0) is 9.35. The number of aliphatic hydroxyl groups excluding tert-OH is 1. The average molecular weight is 169 g/mol. The molecule has 0 bridgehead atoms. The summed E-state index contributed by atoms with van der Waals surface area (Å²) in [6.07, 6.45) is 3.65. The lowest BCUT2D eigenvalue weighted by atomic mass is 9.77. The van der Waals surface area contributed by atoms with Crippen LogP contribution in [0.3, 0.4) is 0 Å². The van der Waals surface area contributed by atoms with Gasteiger partial charge in [-0.2, -0.15) is 0 Å². The summed E-state index contributed by atoms with van der Waals surface area (Å²) in [5.41, 5.74) is 6.90. The SMILES string of the molecule is CC1=CC[C@@H](C(C)(C)N)C[C@@H]1O. The molecule has 2 heteroatoms. The molecule has 12 heavy (non-hydrogen) atoms. The van der Waals surface area contributed by atoms with Gasteiger partial charge < -0.3 is 10.8 Å². The van der Waals surface area contributed by atoms with E-state index in [9.17, 15) is 5.11 Å². The highest BCUT2D eigenvalue weighted by Crippen LogP contribution is 2.30. The summed E-state index contributed by atoms with van der Waals surface area (Å²) in [6.45, 7) is 6.03. The largest absolute Gasteiger partial charge is 0.389 e. The molecule has 0 radical (unpaired) electrons. The van der Waals surface area contributed by atoms with Gasteiger partial charge in [-0.05, 0) is 45.1 Å². The van der Waals surface area contributed by atoms with Gasteiger partial charge in [-0.1, -0.05) is 6.08 Å². The molecule has 2 atom stereocenters. The van der Waals surface area contributed by atoms with E-state index in [1.165, 1.54) is 0 Å². The molecule has 70 valence electrons. The minimum Gasteiger partial charge on any atom is -0.389 e. The second kappa shape index (κ2) is 3.19. The third-order valence-electron chi connectivity index (χ3n) is 2.81. The van der Waals surface area contributed by atoms with Crippen LogP contribution in [0.25, 0.3) is 0 Å². The first-order valence-electron chi connectivity index (χ1n) is 4.55. The fourth-order valence-corrected chi connectivity index (χ4v) is 1.62. The van der Waals surface area contributed by atoms with Crippen LogP contribution in [0.1, 0.15) is 33.6 Å². The number of aliphatic hydroxyl groups is 1. The molecular weight excluding hydrogens is 150 g/mol. The monoisotopic (exact) mass is 169 g/mol. The van der Waals surface area contributed by atoms with E-state index in [1.54, 1.807) is 0 Å². The Bertz CT molecular complexity index is 191. The maximum absolute atomic E-state index is 9.59. The van der Waals surface area contributed by atoms with Crippen molar-refractivity contribution in [1.82, 2.24) is 0 Å². The average Bonchev–Trinajstić information content (AvgIpc) is 1.92. The van der Waals surface area contributed by atoms with Crippen molar-refractivity contribution in [2.75, 3.05) is 0 Å². The molecular formula is C10H19NO. The topological polar surface area (TPSA) is 46.2 Å². The molecule has 0 spiro atoms. The third kappa shape index (κ3) is 2.08. The van der Waals surface area contributed by atoms with Crippen LogP contribution in [0, 0.1) is 5.92 Å². The van der Waals surface area contributed by atoms with E-state index >= 15 is 0 Å². The second-order valence-corrected chi connectivity index (χ2v) is 4.45. The van der Waals surface area contributed by atoms with Crippen LogP contribution < -0.4 is 5.73 Å². The number of allylic oxidation sites excluding steroid dienone is 1. The molecule has 0 aliphatic heterocycles. The minimum atomic E-state index is -0.272. The van der Waals surface area contributed by atoms with Crippen molar-refractivity contribution in [3.05, 3.63) is 11.6 Å². The van der Waals surface area contributed by atoms with E-state index in [2.05, 4.69) is 6.08 Å². The van der Waals surface area contributed by atoms with E-state index < -0.39 is 0 Å². The van der Waals surface area contributed by atoms with Gasteiger partial charge in [-0.25, -0.2) is 0 Å². The zero-order valence-corrected chi connectivity index (χ0v) is 8.17.